The minimum atomic E-state index is -3.00. The van der Waals surface area contributed by atoms with Crippen LogP contribution in [0.5, 0.6) is 5.75 Å². The van der Waals surface area contributed by atoms with E-state index in [1.165, 1.54) is 18.2 Å². The van der Waals surface area contributed by atoms with Crippen molar-refractivity contribution in [2.24, 2.45) is 0 Å². The molecule has 0 spiro atoms. The Bertz CT molecular complexity index is 385. The van der Waals surface area contributed by atoms with E-state index in [1.807, 2.05) is 0 Å². The Morgan fingerprint density at radius 2 is 2.19 bits per heavy atom. The summed E-state index contributed by atoms with van der Waals surface area (Å²) in [5.74, 6) is -0.555. The zero-order valence-corrected chi connectivity index (χ0v) is 10.4. The van der Waals surface area contributed by atoms with Gasteiger partial charge in [-0.05, 0) is 12.1 Å². The van der Waals surface area contributed by atoms with Crippen molar-refractivity contribution in [1.82, 2.24) is 0 Å². The number of ether oxygens (including phenoxy) is 1. The first-order valence-electron chi connectivity index (χ1n) is 4.38. The van der Waals surface area contributed by atoms with Gasteiger partial charge in [0.25, 0.3) is 0 Å². The minimum absolute atomic E-state index is 0.000669. The van der Waals surface area contributed by atoms with Crippen molar-refractivity contribution < 1.29 is 18.3 Å². The summed E-state index contributed by atoms with van der Waals surface area (Å²) in [6.45, 7) is -3.00. The van der Waals surface area contributed by atoms with Crippen LogP contribution in [0.15, 0.2) is 18.2 Å². The molecule has 0 heterocycles. The van der Waals surface area contributed by atoms with E-state index in [9.17, 15) is 13.6 Å². The van der Waals surface area contributed by atoms with Crippen LogP contribution >= 0.6 is 27.5 Å². The largest absolute Gasteiger partial charge is 0.432 e. The predicted molar refractivity (Wildman–Crippen MR) is 60.8 cm³/mol. The lowest BCUT2D eigenvalue weighted by Crippen LogP contribution is -2.08. The second-order valence-electron chi connectivity index (χ2n) is 2.86. The molecule has 0 aliphatic rings. The molecule has 0 fully saturated rings. The standard InChI is InChI=1S/C10H8BrClF2O2/c11-5-4-8(15)6-2-1-3-7(12)9(6)16-10(13)14/h1-3,10H,4-5H2. The first-order chi connectivity index (χ1) is 7.56. The van der Waals surface area contributed by atoms with Crippen LogP contribution in [0.1, 0.15) is 16.8 Å². The third kappa shape index (κ3) is 3.42. The summed E-state index contributed by atoms with van der Waals surface area (Å²) in [6, 6.07) is 4.32. The van der Waals surface area contributed by atoms with Gasteiger partial charge >= 0.3 is 6.61 Å². The summed E-state index contributed by atoms with van der Waals surface area (Å²) in [7, 11) is 0. The number of rotatable bonds is 5. The Labute approximate surface area is 105 Å². The SMILES string of the molecule is O=C(CCBr)c1cccc(Cl)c1OC(F)F. The Balaban J connectivity index is 3.07. The average Bonchev–Trinajstić information content (AvgIpc) is 2.20. The fraction of sp³-hybridized carbons (Fsp3) is 0.300. The van der Waals surface area contributed by atoms with Gasteiger partial charge in [0.2, 0.25) is 0 Å². The van der Waals surface area contributed by atoms with Gasteiger partial charge in [-0.3, -0.25) is 4.79 Å². The molecular weight excluding hydrogens is 305 g/mol. The molecule has 0 bridgehead atoms. The van der Waals surface area contributed by atoms with Crippen molar-refractivity contribution in [1.29, 1.82) is 0 Å². The predicted octanol–water partition coefficient (Wildman–Crippen LogP) is 3.91. The highest BCUT2D eigenvalue weighted by atomic mass is 79.9. The molecule has 0 saturated carbocycles. The highest BCUT2D eigenvalue weighted by molar-refractivity contribution is 9.09. The molecule has 0 aliphatic carbocycles. The van der Waals surface area contributed by atoms with E-state index in [-0.39, 0.29) is 28.5 Å². The number of ketones is 1. The molecule has 0 aliphatic heterocycles. The molecular formula is C10H8BrClF2O2. The first kappa shape index (κ1) is 13.4. The highest BCUT2D eigenvalue weighted by Gasteiger charge is 2.17. The van der Waals surface area contributed by atoms with Gasteiger partial charge in [0.1, 0.15) is 0 Å². The number of hydrogen-bond donors (Lipinski definition) is 0. The van der Waals surface area contributed by atoms with E-state index in [0.717, 1.165) is 0 Å². The van der Waals surface area contributed by atoms with Crippen LogP contribution in [0, 0.1) is 0 Å². The second-order valence-corrected chi connectivity index (χ2v) is 4.06. The lowest BCUT2D eigenvalue weighted by molar-refractivity contribution is -0.0500. The van der Waals surface area contributed by atoms with Crippen molar-refractivity contribution in [3.63, 3.8) is 0 Å². The molecule has 0 radical (unpaired) electrons. The number of para-hydroxylation sites is 1. The van der Waals surface area contributed by atoms with Crippen LogP contribution in [0.2, 0.25) is 5.02 Å². The van der Waals surface area contributed by atoms with Crippen LogP contribution in [-0.2, 0) is 0 Å². The summed E-state index contributed by atoms with van der Waals surface area (Å²) >= 11 is 8.79. The number of hydrogen-bond acceptors (Lipinski definition) is 2. The number of carbonyl (C=O) groups is 1. The molecule has 1 rings (SSSR count). The fourth-order valence-electron chi connectivity index (χ4n) is 1.16. The summed E-state index contributed by atoms with van der Waals surface area (Å²) in [5.41, 5.74) is 0.0762. The van der Waals surface area contributed by atoms with Gasteiger partial charge in [0.15, 0.2) is 11.5 Å². The zero-order chi connectivity index (χ0) is 12.1. The normalized spacial score (nSPS) is 10.6. The Kier molecular flexibility index (Phi) is 5.15. The van der Waals surface area contributed by atoms with Gasteiger partial charge < -0.3 is 4.74 Å². The lowest BCUT2D eigenvalue weighted by Gasteiger charge is -2.10. The molecule has 0 aromatic heterocycles. The van der Waals surface area contributed by atoms with Gasteiger partial charge in [-0.15, -0.1) is 0 Å². The van der Waals surface area contributed by atoms with Crippen LogP contribution in [0.3, 0.4) is 0 Å². The first-order valence-corrected chi connectivity index (χ1v) is 5.88. The fourth-order valence-corrected chi connectivity index (χ4v) is 1.74. The van der Waals surface area contributed by atoms with Crippen molar-refractivity contribution in [3.8, 4) is 5.75 Å². The van der Waals surface area contributed by atoms with Crippen molar-refractivity contribution in [3.05, 3.63) is 28.8 Å². The third-order valence-corrected chi connectivity index (χ3v) is 2.49. The van der Waals surface area contributed by atoms with E-state index < -0.39 is 6.61 Å². The molecule has 2 nitrogen and oxygen atoms in total. The molecule has 1 aromatic rings. The van der Waals surface area contributed by atoms with Crippen molar-refractivity contribution >= 4 is 33.3 Å². The molecule has 0 saturated heterocycles. The summed E-state index contributed by atoms with van der Waals surface area (Å²) in [6.07, 6.45) is 0.194. The highest BCUT2D eigenvalue weighted by Crippen LogP contribution is 2.31. The topological polar surface area (TPSA) is 26.3 Å². The van der Waals surface area contributed by atoms with Crippen LogP contribution in [0.25, 0.3) is 0 Å². The Morgan fingerprint density at radius 1 is 1.50 bits per heavy atom. The summed E-state index contributed by atoms with van der Waals surface area (Å²) in [5, 5.41) is 0.452. The minimum Gasteiger partial charge on any atom is -0.432 e. The quantitative estimate of drug-likeness (QED) is 0.608. The van der Waals surface area contributed by atoms with Crippen LogP contribution in [0.4, 0.5) is 8.78 Å². The number of benzene rings is 1. The van der Waals surface area contributed by atoms with Crippen LogP contribution in [-0.4, -0.2) is 17.7 Å². The van der Waals surface area contributed by atoms with E-state index >= 15 is 0 Å². The maximum atomic E-state index is 12.1. The van der Waals surface area contributed by atoms with Crippen molar-refractivity contribution in [2.75, 3.05) is 5.33 Å². The summed E-state index contributed by atoms with van der Waals surface area (Å²) < 4.78 is 28.5. The number of carbonyl (C=O) groups excluding carboxylic acids is 1. The van der Waals surface area contributed by atoms with E-state index in [4.69, 9.17) is 11.6 Å². The maximum absolute atomic E-state index is 12.1. The molecule has 1 aromatic carbocycles. The summed E-state index contributed by atoms with van der Waals surface area (Å²) in [4.78, 5) is 11.6. The van der Waals surface area contributed by atoms with Gasteiger partial charge in [-0.25, -0.2) is 0 Å². The van der Waals surface area contributed by atoms with Gasteiger partial charge in [0.05, 0.1) is 10.6 Å². The van der Waals surface area contributed by atoms with Crippen LogP contribution < -0.4 is 4.74 Å². The van der Waals surface area contributed by atoms with E-state index in [2.05, 4.69) is 20.7 Å². The zero-order valence-electron chi connectivity index (χ0n) is 8.05. The molecule has 0 atom stereocenters. The second kappa shape index (κ2) is 6.15. The Hall–Kier alpha value is -0.680. The third-order valence-electron chi connectivity index (χ3n) is 1.80. The molecule has 0 N–H and O–H groups in total. The van der Waals surface area contributed by atoms with E-state index in [0.29, 0.717) is 5.33 Å². The van der Waals surface area contributed by atoms with Crippen molar-refractivity contribution in [2.45, 2.75) is 13.0 Å². The number of Topliss-reactive ketones (excluding diaryl/α,β-unsaturated/α-hetero) is 1. The molecule has 16 heavy (non-hydrogen) atoms. The lowest BCUT2D eigenvalue weighted by atomic mass is 10.1. The molecule has 6 heteroatoms. The number of alkyl halides is 3. The smallest absolute Gasteiger partial charge is 0.387 e. The van der Waals surface area contributed by atoms with Gasteiger partial charge in [-0.2, -0.15) is 8.78 Å². The molecule has 88 valence electrons. The Morgan fingerprint density at radius 3 is 2.75 bits per heavy atom. The van der Waals surface area contributed by atoms with Gasteiger partial charge in [0, 0.05) is 11.8 Å². The van der Waals surface area contributed by atoms with Gasteiger partial charge in [-0.1, -0.05) is 33.6 Å². The monoisotopic (exact) mass is 312 g/mol. The molecule has 0 unspecified atom stereocenters. The maximum Gasteiger partial charge on any atom is 0.387 e. The average molecular weight is 314 g/mol. The molecule has 0 amide bonds. The van der Waals surface area contributed by atoms with E-state index in [1.54, 1.807) is 0 Å². The number of halogens is 4.